The molecule has 1 saturated carbocycles. The van der Waals surface area contributed by atoms with Crippen molar-refractivity contribution in [3.8, 4) is 11.8 Å². The number of fused-ring (bicyclic) bond motifs is 3. The predicted octanol–water partition coefficient (Wildman–Crippen LogP) is 1.97. The van der Waals surface area contributed by atoms with Crippen LogP contribution in [0.3, 0.4) is 0 Å². The molecule has 2 aromatic heterocycles. The van der Waals surface area contributed by atoms with Gasteiger partial charge in [-0.25, -0.2) is 28.9 Å². The highest BCUT2D eigenvalue weighted by molar-refractivity contribution is 5.88. The molecule has 4 aliphatic rings. The van der Waals surface area contributed by atoms with Crippen molar-refractivity contribution in [3.63, 3.8) is 0 Å². The van der Waals surface area contributed by atoms with E-state index in [0.717, 1.165) is 25.8 Å². The number of ether oxygens (including phenoxy) is 2. The van der Waals surface area contributed by atoms with Crippen LogP contribution in [-0.4, -0.2) is 94.5 Å². The molecule has 2 bridgehead atoms. The van der Waals surface area contributed by atoms with Gasteiger partial charge in [0.1, 0.15) is 6.17 Å². The number of nitrogens with zero attached hydrogens (tertiary/aromatic N) is 6. The molecule has 3 amide bonds. The number of carbonyl (C=O) groups excluding carboxylic acids is 2. The summed E-state index contributed by atoms with van der Waals surface area (Å²) in [5, 5.41) is 9.08. The zero-order valence-corrected chi connectivity index (χ0v) is 22.0. The Morgan fingerprint density at radius 1 is 1.21 bits per heavy atom. The molecule has 210 valence electrons. The fourth-order valence-corrected chi connectivity index (χ4v) is 5.38. The van der Waals surface area contributed by atoms with Crippen molar-refractivity contribution in [1.29, 1.82) is 0 Å². The zero-order chi connectivity index (χ0) is 27.4. The summed E-state index contributed by atoms with van der Waals surface area (Å²) in [7, 11) is 1.52. The standard InChI is InChI=1S/C25H34FN9O4/c1-3-38-22-13-29-20(12-30-22)32-24(36)34(2)19-14-35(9-7-17(19)26)23-27-8-6-21(33-23)39-25(37)31-18-10-16-5-4-15(18)11-28-16/h6,8,12-13,15-19,28H,3-5,7,9-11,14H2,1-2H3,(H,31,37)(H,29,32,36)/t15-,16-,17+,18+,19-/m0/s1. The van der Waals surface area contributed by atoms with Crippen LogP contribution in [0.15, 0.2) is 24.7 Å². The molecule has 0 unspecified atom stereocenters. The lowest BCUT2D eigenvalue weighted by molar-refractivity contribution is 0.133. The van der Waals surface area contributed by atoms with Crippen molar-refractivity contribution in [1.82, 2.24) is 35.5 Å². The number of carbonyl (C=O) groups is 2. The smallest absolute Gasteiger partial charge is 0.414 e. The fraction of sp³-hybridized carbons (Fsp3) is 0.600. The van der Waals surface area contributed by atoms with Crippen LogP contribution in [0.2, 0.25) is 0 Å². The maximum atomic E-state index is 14.9. The van der Waals surface area contributed by atoms with E-state index >= 15 is 0 Å². The fourth-order valence-electron chi connectivity index (χ4n) is 5.38. The van der Waals surface area contributed by atoms with Gasteiger partial charge in [-0.15, -0.1) is 0 Å². The van der Waals surface area contributed by atoms with Gasteiger partial charge in [-0.3, -0.25) is 5.32 Å². The third-order valence-corrected chi connectivity index (χ3v) is 7.54. The molecule has 2 aromatic rings. The molecule has 6 rings (SSSR count). The Bertz CT molecular complexity index is 1150. The summed E-state index contributed by atoms with van der Waals surface area (Å²) in [6, 6.07) is 0.740. The van der Waals surface area contributed by atoms with Gasteiger partial charge >= 0.3 is 12.1 Å². The summed E-state index contributed by atoms with van der Waals surface area (Å²) in [4.78, 5) is 45.3. The number of likely N-dealkylation sites (N-methyl/N-ethyl adjacent to an activating group) is 1. The first-order valence-corrected chi connectivity index (χ1v) is 13.3. The van der Waals surface area contributed by atoms with Crippen molar-refractivity contribution >= 4 is 23.9 Å². The molecule has 39 heavy (non-hydrogen) atoms. The molecule has 3 N–H and O–H groups in total. The minimum absolute atomic E-state index is 0.0819. The summed E-state index contributed by atoms with van der Waals surface area (Å²) >= 11 is 0. The van der Waals surface area contributed by atoms with E-state index in [0.29, 0.717) is 36.9 Å². The van der Waals surface area contributed by atoms with Crippen molar-refractivity contribution < 1.29 is 23.5 Å². The van der Waals surface area contributed by atoms with Crippen LogP contribution in [0.1, 0.15) is 32.6 Å². The first-order valence-electron chi connectivity index (χ1n) is 13.3. The number of amides is 3. The van der Waals surface area contributed by atoms with E-state index in [-0.39, 0.29) is 30.7 Å². The highest BCUT2D eigenvalue weighted by atomic mass is 19.1. The van der Waals surface area contributed by atoms with Crippen LogP contribution >= 0.6 is 0 Å². The van der Waals surface area contributed by atoms with Crippen LogP contribution in [0.25, 0.3) is 0 Å². The van der Waals surface area contributed by atoms with E-state index in [1.54, 1.807) is 4.90 Å². The largest absolute Gasteiger partial charge is 0.477 e. The van der Waals surface area contributed by atoms with Crippen molar-refractivity contribution in [2.45, 2.75) is 56.9 Å². The van der Waals surface area contributed by atoms with Gasteiger partial charge in [-0.1, -0.05) is 0 Å². The van der Waals surface area contributed by atoms with Gasteiger partial charge in [0.2, 0.25) is 17.7 Å². The molecule has 3 aliphatic heterocycles. The highest BCUT2D eigenvalue weighted by Gasteiger charge is 2.37. The lowest BCUT2D eigenvalue weighted by Gasteiger charge is -2.43. The summed E-state index contributed by atoms with van der Waals surface area (Å²) in [5.74, 6) is 1.37. The Balaban J connectivity index is 1.17. The monoisotopic (exact) mass is 543 g/mol. The maximum Gasteiger partial charge on any atom is 0.414 e. The normalized spacial score (nSPS) is 26.0. The molecule has 3 saturated heterocycles. The molecule has 5 atom stereocenters. The Kier molecular flexibility index (Phi) is 8.19. The second-order valence-corrected chi connectivity index (χ2v) is 10.0. The number of halogens is 1. The SMILES string of the molecule is CCOc1cnc(NC(=O)N(C)[C@H]2CN(c3nccc(OC(=O)N[C@@H]4C[C@@H]5CC[C@H]4CN5)n3)CC[C@H]2F)cn1. The first kappa shape index (κ1) is 26.8. The molecule has 0 aromatic carbocycles. The second-order valence-electron chi connectivity index (χ2n) is 10.0. The second kappa shape index (κ2) is 11.9. The van der Waals surface area contributed by atoms with E-state index in [4.69, 9.17) is 9.47 Å². The van der Waals surface area contributed by atoms with Crippen LogP contribution in [-0.2, 0) is 0 Å². The molecular weight excluding hydrogens is 509 g/mol. The number of hydrogen-bond donors (Lipinski definition) is 3. The predicted molar refractivity (Wildman–Crippen MR) is 140 cm³/mol. The zero-order valence-electron chi connectivity index (χ0n) is 22.0. The molecule has 0 spiro atoms. The highest BCUT2D eigenvalue weighted by Crippen LogP contribution is 2.29. The van der Waals surface area contributed by atoms with Gasteiger partial charge in [-0.2, -0.15) is 4.98 Å². The van der Waals surface area contributed by atoms with Gasteiger partial charge < -0.3 is 29.9 Å². The average molecular weight is 544 g/mol. The number of hydrogen-bond acceptors (Lipinski definition) is 10. The van der Waals surface area contributed by atoms with Crippen LogP contribution < -0.4 is 30.3 Å². The van der Waals surface area contributed by atoms with E-state index in [1.165, 1.54) is 36.6 Å². The molecule has 5 heterocycles. The Morgan fingerprint density at radius 3 is 2.77 bits per heavy atom. The van der Waals surface area contributed by atoms with Crippen molar-refractivity contribution in [3.05, 3.63) is 24.7 Å². The van der Waals surface area contributed by atoms with Crippen molar-refractivity contribution in [2.75, 3.05) is 43.5 Å². The van der Waals surface area contributed by atoms with E-state index in [1.807, 2.05) is 6.92 Å². The lowest BCUT2D eigenvalue weighted by Crippen LogP contribution is -2.57. The molecule has 4 fully saturated rings. The summed E-state index contributed by atoms with van der Waals surface area (Å²) < 4.78 is 25.7. The number of anilines is 2. The Morgan fingerprint density at radius 2 is 2.08 bits per heavy atom. The average Bonchev–Trinajstić information content (AvgIpc) is 2.95. The lowest BCUT2D eigenvalue weighted by atomic mass is 9.77. The third kappa shape index (κ3) is 6.44. The van der Waals surface area contributed by atoms with Gasteiger partial charge in [0.15, 0.2) is 5.82 Å². The van der Waals surface area contributed by atoms with Gasteiger partial charge in [0, 0.05) is 51.0 Å². The topological polar surface area (TPSA) is 147 Å². The minimum atomic E-state index is -1.24. The third-order valence-electron chi connectivity index (χ3n) is 7.54. The molecule has 13 nitrogen and oxygen atoms in total. The number of alkyl halides is 1. The number of urea groups is 1. The molecule has 14 heteroatoms. The Hall–Kier alpha value is -3.81. The first-order chi connectivity index (χ1) is 18.9. The van der Waals surface area contributed by atoms with Gasteiger partial charge in [-0.05, 0) is 38.5 Å². The number of aromatic nitrogens is 4. The number of rotatable bonds is 7. The molecule has 1 aliphatic carbocycles. The molecular formula is C25H34FN9O4. The minimum Gasteiger partial charge on any atom is -0.477 e. The van der Waals surface area contributed by atoms with Crippen LogP contribution in [0, 0.1) is 5.92 Å². The van der Waals surface area contributed by atoms with E-state index in [2.05, 4.69) is 35.9 Å². The van der Waals surface area contributed by atoms with Gasteiger partial charge in [0.05, 0.1) is 25.0 Å². The summed E-state index contributed by atoms with van der Waals surface area (Å²) in [6.07, 6.45) is 5.78. The molecule has 0 radical (unpaired) electrons. The Labute approximate surface area is 225 Å². The van der Waals surface area contributed by atoms with Crippen LogP contribution in [0.4, 0.5) is 25.7 Å². The van der Waals surface area contributed by atoms with E-state index in [9.17, 15) is 14.0 Å². The summed E-state index contributed by atoms with van der Waals surface area (Å²) in [5.41, 5.74) is 0. The number of piperidine rings is 3. The van der Waals surface area contributed by atoms with Gasteiger partial charge in [0.25, 0.3) is 0 Å². The quantitative estimate of drug-likeness (QED) is 0.474. The van der Waals surface area contributed by atoms with E-state index < -0.39 is 24.3 Å². The maximum absolute atomic E-state index is 14.9. The van der Waals surface area contributed by atoms with Crippen LogP contribution in [0.5, 0.6) is 11.8 Å². The van der Waals surface area contributed by atoms with Crippen molar-refractivity contribution in [2.24, 2.45) is 5.92 Å². The number of nitrogens with one attached hydrogen (secondary N) is 3. The summed E-state index contributed by atoms with van der Waals surface area (Å²) in [6.45, 7) is 3.69.